The highest BCUT2D eigenvalue weighted by Gasteiger charge is 2.13. The van der Waals surface area contributed by atoms with Gasteiger partial charge in [-0.05, 0) is 39.3 Å². The second kappa shape index (κ2) is 5.36. The normalized spacial score (nSPS) is 23.2. The third-order valence-corrected chi connectivity index (χ3v) is 2.62. The highest BCUT2D eigenvalue weighted by Crippen LogP contribution is 2.12. The molecule has 0 aromatic heterocycles. The summed E-state index contributed by atoms with van der Waals surface area (Å²) in [6.07, 6.45) is 10.00. The van der Waals surface area contributed by atoms with E-state index in [0.29, 0.717) is 6.04 Å². The molecular weight excluding hydrogens is 146 g/mol. The van der Waals surface area contributed by atoms with Crippen LogP contribution in [0.4, 0.5) is 0 Å². The summed E-state index contributed by atoms with van der Waals surface area (Å²) in [5, 5.41) is 0. The molecule has 0 aromatic rings. The molecule has 1 atom stereocenters. The Morgan fingerprint density at radius 2 is 1.92 bits per heavy atom. The van der Waals surface area contributed by atoms with Gasteiger partial charge in [-0.25, -0.2) is 0 Å². The van der Waals surface area contributed by atoms with Crippen molar-refractivity contribution in [2.45, 2.75) is 45.6 Å². The van der Waals surface area contributed by atoms with Crippen molar-refractivity contribution in [2.75, 3.05) is 13.1 Å². The zero-order chi connectivity index (χ0) is 8.81. The molecule has 70 valence electrons. The van der Waals surface area contributed by atoms with Crippen LogP contribution in [0, 0.1) is 0 Å². The summed E-state index contributed by atoms with van der Waals surface area (Å²) >= 11 is 0. The van der Waals surface area contributed by atoms with Crippen LogP contribution in [-0.2, 0) is 0 Å². The molecule has 0 aliphatic carbocycles. The smallest absolute Gasteiger partial charge is 0.0249 e. The summed E-state index contributed by atoms with van der Waals surface area (Å²) in [7, 11) is 0. The van der Waals surface area contributed by atoms with Crippen molar-refractivity contribution in [3.63, 3.8) is 0 Å². The van der Waals surface area contributed by atoms with E-state index in [9.17, 15) is 0 Å². The first-order chi connectivity index (χ1) is 5.84. The van der Waals surface area contributed by atoms with Crippen molar-refractivity contribution in [2.24, 2.45) is 0 Å². The minimum Gasteiger partial charge on any atom is -0.297 e. The molecule has 1 heterocycles. The third-order valence-electron chi connectivity index (χ3n) is 2.62. The molecule has 1 saturated heterocycles. The Labute approximate surface area is 76.5 Å². The molecule has 1 rings (SSSR count). The number of nitrogens with zero attached hydrogens (tertiary/aromatic N) is 1. The zero-order valence-electron chi connectivity index (χ0n) is 8.42. The van der Waals surface area contributed by atoms with Crippen LogP contribution in [0.3, 0.4) is 0 Å². The summed E-state index contributed by atoms with van der Waals surface area (Å²) in [6, 6.07) is 0.658. The first-order valence-corrected chi connectivity index (χ1v) is 5.25. The predicted octanol–water partition coefficient (Wildman–Crippen LogP) is 2.83. The molecule has 0 amide bonds. The van der Waals surface area contributed by atoms with E-state index in [1.165, 1.54) is 32.4 Å². The van der Waals surface area contributed by atoms with Gasteiger partial charge in [-0.3, -0.25) is 4.90 Å². The number of rotatable bonds is 3. The van der Waals surface area contributed by atoms with Crippen LogP contribution in [0.1, 0.15) is 39.5 Å². The number of piperidine rings is 1. The molecule has 0 spiro atoms. The minimum absolute atomic E-state index is 0.658. The molecule has 0 saturated carbocycles. The van der Waals surface area contributed by atoms with E-state index in [0.717, 1.165) is 6.42 Å². The second-order valence-electron chi connectivity index (χ2n) is 3.67. The van der Waals surface area contributed by atoms with Gasteiger partial charge < -0.3 is 0 Å². The highest BCUT2D eigenvalue weighted by molar-refractivity contribution is 4.92. The summed E-state index contributed by atoms with van der Waals surface area (Å²) in [5.41, 5.74) is 0. The molecule has 12 heavy (non-hydrogen) atoms. The van der Waals surface area contributed by atoms with Gasteiger partial charge in [-0.1, -0.05) is 25.5 Å². The molecule has 1 aliphatic heterocycles. The number of hydrogen-bond acceptors (Lipinski definition) is 1. The highest BCUT2D eigenvalue weighted by atomic mass is 15.1. The standard InChI is InChI=1S/C11H21N/c1-3-4-8-11(2)12-9-6-5-7-10-12/h4,8,11H,3,5-7,9-10H2,1-2H3/b8-4-. The zero-order valence-corrected chi connectivity index (χ0v) is 8.42. The third kappa shape index (κ3) is 2.98. The van der Waals surface area contributed by atoms with E-state index in [-0.39, 0.29) is 0 Å². The molecule has 1 unspecified atom stereocenters. The number of likely N-dealkylation sites (tertiary alicyclic amines) is 1. The van der Waals surface area contributed by atoms with Crippen LogP contribution < -0.4 is 0 Å². The molecule has 1 nitrogen and oxygen atoms in total. The molecule has 1 heteroatoms. The fourth-order valence-electron chi connectivity index (χ4n) is 1.78. The van der Waals surface area contributed by atoms with Crippen molar-refractivity contribution in [3.05, 3.63) is 12.2 Å². The van der Waals surface area contributed by atoms with Crippen molar-refractivity contribution >= 4 is 0 Å². The molecule has 0 bridgehead atoms. The Morgan fingerprint density at radius 3 is 2.50 bits per heavy atom. The van der Waals surface area contributed by atoms with Crippen LogP contribution in [0.15, 0.2) is 12.2 Å². The summed E-state index contributed by atoms with van der Waals surface area (Å²) in [4.78, 5) is 2.58. The first-order valence-electron chi connectivity index (χ1n) is 5.25. The molecular formula is C11H21N. The van der Waals surface area contributed by atoms with E-state index in [1.807, 2.05) is 0 Å². The average Bonchev–Trinajstić information content (AvgIpc) is 2.15. The van der Waals surface area contributed by atoms with Crippen LogP contribution in [0.2, 0.25) is 0 Å². The number of allylic oxidation sites excluding steroid dienone is 1. The van der Waals surface area contributed by atoms with Gasteiger partial charge in [-0.15, -0.1) is 0 Å². The monoisotopic (exact) mass is 167 g/mol. The predicted molar refractivity (Wildman–Crippen MR) is 54.3 cm³/mol. The first kappa shape index (κ1) is 9.79. The lowest BCUT2D eigenvalue weighted by Crippen LogP contribution is -2.36. The van der Waals surface area contributed by atoms with E-state index in [4.69, 9.17) is 0 Å². The Hall–Kier alpha value is -0.300. The van der Waals surface area contributed by atoms with Gasteiger partial charge in [-0.2, -0.15) is 0 Å². The molecule has 0 radical (unpaired) electrons. The van der Waals surface area contributed by atoms with Crippen molar-refractivity contribution < 1.29 is 0 Å². The van der Waals surface area contributed by atoms with E-state index in [1.54, 1.807) is 0 Å². The van der Waals surface area contributed by atoms with Gasteiger partial charge in [0.25, 0.3) is 0 Å². The SMILES string of the molecule is CC/C=C\C(C)N1CCCCC1. The maximum absolute atomic E-state index is 2.58. The summed E-state index contributed by atoms with van der Waals surface area (Å²) in [5.74, 6) is 0. The lowest BCUT2D eigenvalue weighted by atomic mass is 10.1. The Kier molecular flexibility index (Phi) is 4.37. The van der Waals surface area contributed by atoms with Gasteiger partial charge in [0, 0.05) is 6.04 Å². The van der Waals surface area contributed by atoms with Gasteiger partial charge in [0.2, 0.25) is 0 Å². The topological polar surface area (TPSA) is 3.24 Å². The minimum atomic E-state index is 0.658. The molecule has 0 N–H and O–H groups in total. The maximum atomic E-state index is 2.58. The van der Waals surface area contributed by atoms with Gasteiger partial charge in [0.05, 0.1) is 0 Å². The summed E-state index contributed by atoms with van der Waals surface area (Å²) < 4.78 is 0. The van der Waals surface area contributed by atoms with Crippen LogP contribution in [-0.4, -0.2) is 24.0 Å². The average molecular weight is 167 g/mol. The fraction of sp³-hybridized carbons (Fsp3) is 0.818. The van der Waals surface area contributed by atoms with Gasteiger partial charge in [0.15, 0.2) is 0 Å². The van der Waals surface area contributed by atoms with Crippen LogP contribution in [0.5, 0.6) is 0 Å². The Balaban J connectivity index is 2.29. The van der Waals surface area contributed by atoms with Crippen molar-refractivity contribution in [1.82, 2.24) is 4.90 Å². The van der Waals surface area contributed by atoms with Gasteiger partial charge in [0.1, 0.15) is 0 Å². The summed E-state index contributed by atoms with van der Waals surface area (Å²) in [6.45, 7) is 7.10. The Morgan fingerprint density at radius 1 is 1.25 bits per heavy atom. The fourth-order valence-corrected chi connectivity index (χ4v) is 1.78. The second-order valence-corrected chi connectivity index (χ2v) is 3.67. The van der Waals surface area contributed by atoms with Crippen LogP contribution in [0.25, 0.3) is 0 Å². The van der Waals surface area contributed by atoms with Crippen molar-refractivity contribution in [1.29, 1.82) is 0 Å². The molecule has 1 aliphatic rings. The molecule has 0 aromatic carbocycles. The lowest BCUT2D eigenvalue weighted by Gasteiger charge is -2.30. The Bertz CT molecular complexity index is 134. The molecule has 1 fully saturated rings. The van der Waals surface area contributed by atoms with Crippen molar-refractivity contribution in [3.8, 4) is 0 Å². The largest absolute Gasteiger partial charge is 0.297 e. The maximum Gasteiger partial charge on any atom is 0.0249 e. The van der Waals surface area contributed by atoms with Gasteiger partial charge >= 0.3 is 0 Å². The van der Waals surface area contributed by atoms with E-state index >= 15 is 0 Å². The number of hydrogen-bond donors (Lipinski definition) is 0. The lowest BCUT2D eigenvalue weighted by molar-refractivity contribution is 0.201. The quantitative estimate of drug-likeness (QED) is 0.584. The van der Waals surface area contributed by atoms with E-state index < -0.39 is 0 Å². The van der Waals surface area contributed by atoms with E-state index in [2.05, 4.69) is 30.9 Å². The van der Waals surface area contributed by atoms with Crippen LogP contribution >= 0.6 is 0 Å².